The molecule has 2 saturated carbocycles. The van der Waals surface area contributed by atoms with Crippen molar-refractivity contribution >= 4 is 45.9 Å². The molecule has 11 rings (SSSR count). The third kappa shape index (κ3) is 6.62. The van der Waals surface area contributed by atoms with E-state index in [1.807, 2.05) is 19.9 Å². The summed E-state index contributed by atoms with van der Waals surface area (Å²) in [6, 6.07) is 18.4. The van der Waals surface area contributed by atoms with Gasteiger partial charge in [0, 0.05) is 104 Å². The van der Waals surface area contributed by atoms with E-state index in [-0.39, 0.29) is 28.9 Å². The number of piperazine rings is 1. The molecule has 12 heteroatoms. The van der Waals surface area contributed by atoms with Crippen LogP contribution >= 0.6 is 0 Å². The molecule has 0 spiro atoms. The molecule has 10 nitrogen and oxygen atoms in total. The number of nitrogens with one attached hydrogen (secondary N) is 5. The first-order chi connectivity index (χ1) is 30.0. The number of hydrogen-bond donors (Lipinski definition) is 5. The minimum absolute atomic E-state index is 0.0755. The molecule has 5 heterocycles. The summed E-state index contributed by atoms with van der Waals surface area (Å²) in [7, 11) is 2.30. The van der Waals surface area contributed by atoms with Crippen LogP contribution in [-0.4, -0.2) is 93.1 Å². The minimum Gasteiger partial charge on any atom is -0.383 e. The molecule has 4 aromatic carbocycles. The Bertz CT molecular complexity index is 2410. The molecular weight excluding hydrogens is 783 g/mol. The van der Waals surface area contributed by atoms with Crippen LogP contribution in [0.1, 0.15) is 52.6 Å². The zero-order valence-corrected chi connectivity index (χ0v) is 36.1. The van der Waals surface area contributed by atoms with E-state index in [0.29, 0.717) is 47.6 Å². The van der Waals surface area contributed by atoms with Crippen molar-refractivity contribution < 1.29 is 18.4 Å². The van der Waals surface area contributed by atoms with Gasteiger partial charge in [-0.2, -0.15) is 0 Å². The predicted octanol–water partition coefficient (Wildman–Crippen LogP) is 7.17. The average Bonchev–Trinajstić information content (AvgIpc) is 3.99. The van der Waals surface area contributed by atoms with E-state index in [2.05, 4.69) is 78.7 Å². The minimum atomic E-state index is -0.527. The summed E-state index contributed by atoms with van der Waals surface area (Å²) in [6.45, 7) is 11.8. The Morgan fingerprint density at radius 3 is 2.16 bits per heavy atom. The molecule has 5 N–H and O–H groups in total. The zero-order valence-electron chi connectivity index (χ0n) is 36.1. The molecule has 62 heavy (non-hydrogen) atoms. The lowest BCUT2D eigenvalue weighted by atomic mass is 9.45. The number of amides is 2. The van der Waals surface area contributed by atoms with Gasteiger partial charge in [-0.05, 0) is 129 Å². The van der Waals surface area contributed by atoms with E-state index < -0.39 is 12.1 Å². The van der Waals surface area contributed by atoms with E-state index >= 15 is 0 Å². The molecule has 0 aromatic heterocycles. The number of halogens is 2. The second-order valence-corrected chi connectivity index (χ2v) is 19.6. The highest BCUT2D eigenvalue weighted by Gasteiger charge is 2.67. The lowest BCUT2D eigenvalue weighted by Crippen LogP contribution is -2.64. The van der Waals surface area contributed by atoms with Crippen LogP contribution in [0, 0.1) is 49.2 Å². The van der Waals surface area contributed by atoms with Crippen LogP contribution in [-0.2, 0) is 34.3 Å². The second-order valence-electron chi connectivity index (χ2n) is 19.6. The van der Waals surface area contributed by atoms with Crippen LogP contribution in [0.2, 0.25) is 0 Å². The largest absolute Gasteiger partial charge is 0.383 e. The van der Waals surface area contributed by atoms with Crippen LogP contribution in [0.15, 0.2) is 60.7 Å². The second kappa shape index (κ2) is 15.3. The highest BCUT2D eigenvalue weighted by molar-refractivity contribution is 6.00. The fourth-order valence-electron chi connectivity index (χ4n) is 13.1. The lowest BCUT2D eigenvalue weighted by molar-refractivity contribution is -0.117. The van der Waals surface area contributed by atoms with E-state index in [9.17, 15) is 18.4 Å². The van der Waals surface area contributed by atoms with Crippen molar-refractivity contribution in [2.24, 2.45) is 23.7 Å². The summed E-state index contributed by atoms with van der Waals surface area (Å²) in [5.41, 5.74) is 11.1. The van der Waals surface area contributed by atoms with Crippen LogP contribution in [0.4, 0.5) is 42.9 Å². The first-order valence-corrected chi connectivity index (χ1v) is 22.9. The molecule has 7 unspecified atom stereocenters. The number of fused-ring (bicyclic) bond motifs is 4. The van der Waals surface area contributed by atoms with Crippen molar-refractivity contribution in [2.75, 3.05) is 90.9 Å². The molecule has 2 saturated heterocycles. The van der Waals surface area contributed by atoms with Crippen molar-refractivity contribution in [1.29, 1.82) is 0 Å². The zero-order chi connectivity index (χ0) is 42.4. The number of carbonyl (C=O) groups excluding carboxylic acids is 2. The van der Waals surface area contributed by atoms with Gasteiger partial charge in [0.1, 0.15) is 23.7 Å². The first kappa shape index (κ1) is 39.6. The molecule has 4 aromatic rings. The van der Waals surface area contributed by atoms with Crippen LogP contribution < -0.4 is 31.5 Å². The van der Waals surface area contributed by atoms with Gasteiger partial charge in [0.15, 0.2) is 0 Å². The van der Waals surface area contributed by atoms with Gasteiger partial charge in [0.05, 0.1) is 11.4 Å². The summed E-state index contributed by atoms with van der Waals surface area (Å²) in [5, 5.41) is 16.7. The van der Waals surface area contributed by atoms with Gasteiger partial charge in [-0.1, -0.05) is 24.3 Å². The van der Waals surface area contributed by atoms with Gasteiger partial charge >= 0.3 is 0 Å². The molecule has 7 aliphatic rings. The van der Waals surface area contributed by atoms with E-state index in [1.54, 1.807) is 12.1 Å². The Morgan fingerprint density at radius 2 is 1.48 bits per heavy atom. The maximum Gasteiger partial charge on any atom is 0.247 e. The molecule has 4 fully saturated rings. The van der Waals surface area contributed by atoms with Gasteiger partial charge in [0.2, 0.25) is 11.8 Å². The number of aryl methyl sites for hydroxylation is 3. The SMILES string of the molecule is Cc1ccc(F)c2c1NC(C(=O)Nc1cccc(C34CC5CC3C(CN(C)C5)C4CN3CCN(c4cc(NC(=O)C5Cc6c(F)ccc(C)c6N5)cc5c4NCCC5)CC3)c1)C2. The molecule has 2 aliphatic carbocycles. The van der Waals surface area contributed by atoms with Crippen molar-refractivity contribution in [1.82, 2.24) is 9.80 Å². The Morgan fingerprint density at radius 1 is 0.806 bits per heavy atom. The van der Waals surface area contributed by atoms with Crippen LogP contribution in [0.5, 0.6) is 0 Å². The number of benzene rings is 4. The van der Waals surface area contributed by atoms with Crippen LogP contribution in [0.3, 0.4) is 0 Å². The van der Waals surface area contributed by atoms with Crippen molar-refractivity contribution in [3.8, 4) is 0 Å². The Hall–Kier alpha value is -5.20. The summed E-state index contributed by atoms with van der Waals surface area (Å²) in [5.74, 6) is 1.61. The fourth-order valence-corrected chi connectivity index (χ4v) is 13.1. The maximum atomic E-state index is 14.7. The summed E-state index contributed by atoms with van der Waals surface area (Å²) in [4.78, 5) is 35.1. The van der Waals surface area contributed by atoms with Gasteiger partial charge < -0.3 is 36.4 Å². The van der Waals surface area contributed by atoms with Gasteiger partial charge in [-0.3, -0.25) is 14.5 Å². The normalized spacial score (nSPS) is 28.4. The third-order valence-electron chi connectivity index (χ3n) is 15.9. The van der Waals surface area contributed by atoms with Crippen molar-refractivity contribution in [3.05, 3.63) is 106 Å². The number of carbonyl (C=O) groups is 2. The highest BCUT2D eigenvalue weighted by atomic mass is 19.1. The average molecular weight is 841 g/mol. The number of rotatable bonds is 8. The third-order valence-corrected chi connectivity index (χ3v) is 15.9. The Labute approximate surface area is 363 Å². The number of hydrogen-bond acceptors (Lipinski definition) is 8. The van der Waals surface area contributed by atoms with E-state index in [4.69, 9.17) is 0 Å². The first-order valence-electron chi connectivity index (χ1n) is 22.9. The summed E-state index contributed by atoms with van der Waals surface area (Å²) < 4.78 is 29.3. The maximum absolute atomic E-state index is 14.7. The Balaban J connectivity index is 0.789. The predicted molar refractivity (Wildman–Crippen MR) is 242 cm³/mol. The molecule has 324 valence electrons. The van der Waals surface area contributed by atoms with E-state index in [0.717, 1.165) is 105 Å². The quantitative estimate of drug-likeness (QED) is 0.127. The van der Waals surface area contributed by atoms with Crippen molar-refractivity contribution in [2.45, 2.75) is 69.9 Å². The molecule has 2 amide bonds. The highest BCUT2D eigenvalue weighted by Crippen LogP contribution is 2.68. The number of likely N-dealkylation sites (tertiary alicyclic amines) is 1. The molecule has 5 aliphatic heterocycles. The summed E-state index contributed by atoms with van der Waals surface area (Å²) >= 11 is 0. The van der Waals surface area contributed by atoms with Gasteiger partial charge in [-0.25, -0.2) is 8.78 Å². The topological polar surface area (TPSA) is 104 Å². The smallest absolute Gasteiger partial charge is 0.247 e. The monoisotopic (exact) mass is 840 g/mol. The molecular formula is C50H58F2N8O2. The van der Waals surface area contributed by atoms with E-state index in [1.165, 1.54) is 41.8 Å². The molecule has 0 radical (unpaired) electrons. The van der Waals surface area contributed by atoms with Crippen molar-refractivity contribution in [3.63, 3.8) is 0 Å². The van der Waals surface area contributed by atoms with Gasteiger partial charge in [-0.15, -0.1) is 0 Å². The molecule has 2 bridgehead atoms. The fraction of sp³-hybridized carbons (Fsp3) is 0.480. The standard InChI is InChI=1S/C50H58F2N8O2/c1-28-9-11-40(51)35-22-42(56-45(28)35)48(61)54-33-8-4-7-32(20-33)50-24-30-18-38(50)37(26-58(3)25-30)39(50)27-59-14-16-60(17-15-59)44-21-34(19-31-6-5-13-53-47(31)44)55-49(62)43-23-36-41(52)12-10-29(2)46(36)57-43/h4,7-12,19-21,30,37-39,42-43,53,56-57H,5-6,13-18,22-27H2,1-3H3,(H,54,61)(H,55,62). The van der Waals surface area contributed by atoms with Gasteiger partial charge in [0.25, 0.3) is 0 Å². The van der Waals surface area contributed by atoms with Crippen LogP contribution in [0.25, 0.3) is 0 Å². The number of nitrogens with zero attached hydrogens (tertiary/aromatic N) is 3. The number of anilines is 6. The Kier molecular flexibility index (Phi) is 9.75. The molecule has 7 atom stereocenters. The summed E-state index contributed by atoms with van der Waals surface area (Å²) in [6.07, 6.45) is 5.09. The lowest BCUT2D eigenvalue weighted by Gasteiger charge is -2.62.